The second kappa shape index (κ2) is 8.67. The van der Waals surface area contributed by atoms with E-state index in [1.54, 1.807) is 7.11 Å². The molecule has 1 fully saturated rings. The zero-order valence-corrected chi connectivity index (χ0v) is 16.8. The molecule has 6 nitrogen and oxygen atoms in total. The predicted octanol–water partition coefficient (Wildman–Crippen LogP) is 2.62. The van der Waals surface area contributed by atoms with Crippen molar-refractivity contribution in [1.29, 1.82) is 0 Å². The van der Waals surface area contributed by atoms with Crippen molar-refractivity contribution in [1.82, 2.24) is 15.1 Å². The van der Waals surface area contributed by atoms with E-state index in [-0.39, 0.29) is 0 Å². The smallest absolute Gasteiger partial charge is 0.231 e. The Morgan fingerprint density at radius 3 is 2.46 bits per heavy atom. The Morgan fingerprint density at radius 2 is 1.71 bits per heavy atom. The van der Waals surface area contributed by atoms with Gasteiger partial charge in [0.25, 0.3) is 0 Å². The van der Waals surface area contributed by atoms with Crippen LogP contribution in [0.1, 0.15) is 11.1 Å². The highest BCUT2D eigenvalue weighted by molar-refractivity contribution is 7.80. The number of piperazine rings is 1. The highest BCUT2D eigenvalue weighted by atomic mass is 32.1. The van der Waals surface area contributed by atoms with Crippen LogP contribution >= 0.6 is 12.2 Å². The maximum atomic E-state index is 5.59. The van der Waals surface area contributed by atoms with E-state index in [2.05, 4.69) is 39.4 Å². The minimum absolute atomic E-state index is 0.318. The number of rotatable bonds is 5. The van der Waals surface area contributed by atoms with Gasteiger partial charge >= 0.3 is 0 Å². The Bertz CT molecular complexity index is 820. The van der Waals surface area contributed by atoms with E-state index in [9.17, 15) is 0 Å². The molecule has 7 heteroatoms. The molecule has 0 bridgehead atoms. The summed E-state index contributed by atoms with van der Waals surface area (Å²) in [6.07, 6.45) is 0. The molecule has 0 aromatic heterocycles. The highest BCUT2D eigenvalue weighted by Gasteiger charge is 2.20. The van der Waals surface area contributed by atoms with Gasteiger partial charge in [-0.15, -0.1) is 0 Å². The molecule has 2 aliphatic rings. The van der Waals surface area contributed by atoms with Crippen LogP contribution in [0.25, 0.3) is 0 Å². The standard InChI is InChI=1S/C21H25N3O3S/c1-25-18-5-2-16(3-6-18)13-22-21(28)24-10-8-23(9-11-24)14-17-4-7-19-20(12-17)27-15-26-19/h2-7,12H,8-11,13-15H2,1H3,(H,22,28). The first kappa shape index (κ1) is 18.8. The number of ether oxygens (including phenoxy) is 3. The van der Waals surface area contributed by atoms with E-state index in [1.807, 2.05) is 18.2 Å². The SMILES string of the molecule is COc1ccc(CNC(=S)N2CCN(Cc3ccc4c(c3)OCO4)CC2)cc1. The fourth-order valence-corrected chi connectivity index (χ4v) is 3.69. The zero-order chi connectivity index (χ0) is 19.3. The summed E-state index contributed by atoms with van der Waals surface area (Å²) in [6, 6.07) is 14.2. The first-order valence-electron chi connectivity index (χ1n) is 9.48. The van der Waals surface area contributed by atoms with Crippen molar-refractivity contribution in [3.63, 3.8) is 0 Å². The molecule has 148 valence electrons. The fourth-order valence-electron chi connectivity index (χ4n) is 3.44. The van der Waals surface area contributed by atoms with Crippen molar-refractivity contribution in [2.45, 2.75) is 13.1 Å². The Morgan fingerprint density at radius 1 is 1.00 bits per heavy atom. The van der Waals surface area contributed by atoms with Gasteiger partial charge in [0.1, 0.15) is 5.75 Å². The van der Waals surface area contributed by atoms with E-state index >= 15 is 0 Å². The van der Waals surface area contributed by atoms with E-state index in [4.69, 9.17) is 26.4 Å². The van der Waals surface area contributed by atoms with Crippen LogP contribution in [0.4, 0.5) is 0 Å². The van der Waals surface area contributed by atoms with Gasteiger partial charge in [-0.05, 0) is 47.6 Å². The van der Waals surface area contributed by atoms with Crippen molar-refractivity contribution in [3.05, 3.63) is 53.6 Å². The second-order valence-corrected chi connectivity index (χ2v) is 7.34. The van der Waals surface area contributed by atoms with Gasteiger partial charge < -0.3 is 24.4 Å². The monoisotopic (exact) mass is 399 g/mol. The Hall–Kier alpha value is -2.51. The number of nitrogens with zero attached hydrogens (tertiary/aromatic N) is 2. The molecule has 0 radical (unpaired) electrons. The van der Waals surface area contributed by atoms with E-state index in [0.29, 0.717) is 6.79 Å². The first-order chi connectivity index (χ1) is 13.7. The maximum absolute atomic E-state index is 5.59. The van der Waals surface area contributed by atoms with Crippen LogP contribution in [0.2, 0.25) is 0 Å². The van der Waals surface area contributed by atoms with Crippen molar-refractivity contribution in [3.8, 4) is 17.2 Å². The molecule has 4 rings (SSSR count). The van der Waals surface area contributed by atoms with Crippen LogP contribution in [0.3, 0.4) is 0 Å². The second-order valence-electron chi connectivity index (χ2n) is 6.96. The average molecular weight is 400 g/mol. The van der Waals surface area contributed by atoms with Gasteiger partial charge in [0, 0.05) is 39.3 Å². The minimum Gasteiger partial charge on any atom is -0.497 e. The molecule has 0 spiro atoms. The van der Waals surface area contributed by atoms with E-state index < -0.39 is 0 Å². The average Bonchev–Trinajstić information content (AvgIpc) is 3.21. The van der Waals surface area contributed by atoms with Gasteiger partial charge in [0.2, 0.25) is 6.79 Å². The quantitative estimate of drug-likeness (QED) is 0.776. The summed E-state index contributed by atoms with van der Waals surface area (Å²) in [4.78, 5) is 4.69. The zero-order valence-electron chi connectivity index (χ0n) is 16.0. The Kier molecular flexibility index (Phi) is 5.83. The number of fused-ring (bicyclic) bond motifs is 1. The Balaban J connectivity index is 1.22. The van der Waals surface area contributed by atoms with Crippen LogP contribution in [-0.4, -0.2) is 55.0 Å². The summed E-state index contributed by atoms with van der Waals surface area (Å²) in [6.45, 7) is 5.78. The molecule has 0 aliphatic carbocycles. The number of thiocarbonyl (C=S) groups is 1. The number of hydrogen-bond donors (Lipinski definition) is 1. The number of nitrogens with one attached hydrogen (secondary N) is 1. The molecule has 0 unspecified atom stereocenters. The van der Waals surface area contributed by atoms with E-state index in [0.717, 1.165) is 61.6 Å². The number of benzene rings is 2. The van der Waals surface area contributed by atoms with Crippen molar-refractivity contribution in [2.75, 3.05) is 40.1 Å². The van der Waals surface area contributed by atoms with Crippen molar-refractivity contribution in [2.24, 2.45) is 0 Å². The summed E-state index contributed by atoms with van der Waals surface area (Å²) in [5.41, 5.74) is 2.43. The molecule has 2 aliphatic heterocycles. The topological polar surface area (TPSA) is 46.2 Å². The molecule has 1 N–H and O–H groups in total. The molecule has 0 saturated carbocycles. The molecular formula is C21H25N3O3S. The van der Waals surface area contributed by atoms with Gasteiger partial charge in [0.05, 0.1) is 7.11 Å². The lowest BCUT2D eigenvalue weighted by Gasteiger charge is -2.36. The third kappa shape index (κ3) is 4.48. The fraction of sp³-hybridized carbons (Fsp3) is 0.381. The molecule has 0 amide bonds. The molecule has 28 heavy (non-hydrogen) atoms. The van der Waals surface area contributed by atoms with Crippen molar-refractivity contribution < 1.29 is 14.2 Å². The third-order valence-corrected chi connectivity index (χ3v) is 5.51. The number of hydrogen-bond acceptors (Lipinski definition) is 5. The lowest BCUT2D eigenvalue weighted by molar-refractivity contribution is 0.172. The summed E-state index contributed by atoms with van der Waals surface area (Å²) in [5, 5.41) is 4.18. The normalized spacial score (nSPS) is 16.1. The summed E-state index contributed by atoms with van der Waals surface area (Å²) < 4.78 is 16.0. The van der Waals surface area contributed by atoms with Crippen LogP contribution in [0, 0.1) is 0 Å². The molecule has 1 saturated heterocycles. The largest absolute Gasteiger partial charge is 0.497 e. The minimum atomic E-state index is 0.318. The molecule has 2 aromatic carbocycles. The van der Waals surface area contributed by atoms with Gasteiger partial charge in [-0.2, -0.15) is 0 Å². The Labute approximate surface area is 171 Å². The van der Waals surface area contributed by atoms with Crippen molar-refractivity contribution >= 4 is 17.3 Å². The van der Waals surface area contributed by atoms with Gasteiger partial charge in [-0.3, -0.25) is 4.90 Å². The summed E-state index contributed by atoms with van der Waals surface area (Å²) in [5.74, 6) is 2.55. The molecular weight excluding hydrogens is 374 g/mol. The lowest BCUT2D eigenvalue weighted by Crippen LogP contribution is -2.51. The maximum Gasteiger partial charge on any atom is 0.231 e. The van der Waals surface area contributed by atoms with Crippen LogP contribution < -0.4 is 19.5 Å². The number of methoxy groups -OCH3 is 1. The molecule has 0 atom stereocenters. The van der Waals surface area contributed by atoms with E-state index in [1.165, 1.54) is 11.1 Å². The molecule has 2 heterocycles. The highest BCUT2D eigenvalue weighted by Crippen LogP contribution is 2.32. The summed E-state index contributed by atoms with van der Waals surface area (Å²) in [7, 11) is 1.68. The summed E-state index contributed by atoms with van der Waals surface area (Å²) >= 11 is 5.59. The van der Waals surface area contributed by atoms with Gasteiger partial charge in [-0.25, -0.2) is 0 Å². The predicted molar refractivity (Wildman–Crippen MR) is 112 cm³/mol. The van der Waals surface area contributed by atoms with Gasteiger partial charge in [-0.1, -0.05) is 18.2 Å². The lowest BCUT2D eigenvalue weighted by atomic mass is 10.1. The van der Waals surface area contributed by atoms with Crippen LogP contribution in [0.5, 0.6) is 17.2 Å². The van der Waals surface area contributed by atoms with Gasteiger partial charge in [0.15, 0.2) is 16.6 Å². The van der Waals surface area contributed by atoms with Crippen LogP contribution in [0.15, 0.2) is 42.5 Å². The molecule has 2 aromatic rings. The third-order valence-electron chi connectivity index (χ3n) is 5.11. The van der Waals surface area contributed by atoms with Crippen LogP contribution in [-0.2, 0) is 13.1 Å². The first-order valence-corrected chi connectivity index (χ1v) is 9.89.